The fourth-order valence-electron chi connectivity index (χ4n) is 3.60. The van der Waals surface area contributed by atoms with E-state index in [2.05, 4.69) is 21.3 Å². The lowest BCUT2D eigenvalue weighted by Crippen LogP contribution is -2.43. The van der Waals surface area contributed by atoms with E-state index in [4.69, 9.17) is 8.83 Å². The first kappa shape index (κ1) is 29.3. The van der Waals surface area contributed by atoms with Gasteiger partial charge in [-0.05, 0) is 48.5 Å². The molecule has 2 heterocycles. The van der Waals surface area contributed by atoms with Crippen molar-refractivity contribution in [3.63, 3.8) is 0 Å². The largest absolute Gasteiger partial charge is 0.465 e. The predicted octanol–water partition coefficient (Wildman–Crippen LogP) is 2.71. The Morgan fingerprint density at radius 3 is 1.38 bits per heavy atom. The molecule has 214 valence electrons. The van der Waals surface area contributed by atoms with Crippen molar-refractivity contribution >= 4 is 35.8 Å². The first-order valence-corrected chi connectivity index (χ1v) is 12.9. The van der Waals surface area contributed by atoms with E-state index >= 15 is 0 Å². The molecule has 4 aromatic rings. The monoisotopic (exact) mass is 568 g/mol. The molecule has 11 heteroatoms. The number of aliphatic hydroxyl groups is 1. The molecular formula is C31H28N4O7. The Bertz CT molecular complexity index is 1430. The van der Waals surface area contributed by atoms with E-state index in [1.807, 2.05) is 0 Å². The molecule has 0 unspecified atom stereocenters. The fourth-order valence-corrected chi connectivity index (χ4v) is 3.60. The number of aliphatic hydroxyl groups excluding tert-OH is 1. The topological polar surface area (TPSA) is 163 Å². The molecular weight excluding hydrogens is 540 g/mol. The molecule has 42 heavy (non-hydrogen) atoms. The number of nitrogens with one attached hydrogen (secondary N) is 4. The maximum Gasteiger partial charge on any atom is 0.268 e. The minimum absolute atomic E-state index is 0.109. The molecule has 4 amide bonds. The predicted molar refractivity (Wildman–Crippen MR) is 153 cm³/mol. The second kappa shape index (κ2) is 14.6. The molecule has 11 nitrogen and oxygen atoms in total. The van der Waals surface area contributed by atoms with E-state index < -0.39 is 29.7 Å². The van der Waals surface area contributed by atoms with Gasteiger partial charge < -0.3 is 35.2 Å². The Balaban J connectivity index is 1.35. The third-order valence-corrected chi connectivity index (χ3v) is 5.71. The molecule has 2 aromatic carbocycles. The van der Waals surface area contributed by atoms with E-state index in [0.29, 0.717) is 22.6 Å². The van der Waals surface area contributed by atoms with Gasteiger partial charge in [-0.2, -0.15) is 0 Å². The second-order valence-corrected chi connectivity index (χ2v) is 8.86. The normalized spacial score (nSPS) is 11.6. The van der Waals surface area contributed by atoms with Crippen molar-refractivity contribution in [2.45, 2.75) is 6.10 Å². The van der Waals surface area contributed by atoms with Crippen LogP contribution in [-0.4, -0.2) is 47.9 Å². The van der Waals surface area contributed by atoms with E-state index in [1.54, 1.807) is 84.9 Å². The number of benzene rings is 2. The van der Waals surface area contributed by atoms with Gasteiger partial charge in [0.05, 0.1) is 18.6 Å². The molecule has 0 radical (unpaired) electrons. The van der Waals surface area contributed by atoms with Gasteiger partial charge in [-0.3, -0.25) is 19.2 Å². The number of carbonyl (C=O) groups excluding carboxylic acids is 4. The van der Waals surface area contributed by atoms with Crippen molar-refractivity contribution in [1.29, 1.82) is 0 Å². The molecule has 0 aliphatic carbocycles. The summed E-state index contributed by atoms with van der Waals surface area (Å²) in [7, 11) is 0. The molecule has 0 atom stereocenters. The Labute approximate surface area is 240 Å². The number of furan rings is 2. The summed E-state index contributed by atoms with van der Waals surface area (Å²) >= 11 is 0. The van der Waals surface area contributed by atoms with Crippen LogP contribution < -0.4 is 21.3 Å². The molecule has 4 rings (SSSR count). The molecule has 0 bridgehead atoms. The molecule has 0 fully saturated rings. The quantitative estimate of drug-likeness (QED) is 0.164. The first-order chi connectivity index (χ1) is 20.4. The van der Waals surface area contributed by atoms with Gasteiger partial charge in [-0.1, -0.05) is 36.4 Å². The Morgan fingerprint density at radius 2 is 1.02 bits per heavy atom. The van der Waals surface area contributed by atoms with Crippen molar-refractivity contribution in [2.24, 2.45) is 0 Å². The molecule has 0 saturated heterocycles. The van der Waals surface area contributed by atoms with Crippen LogP contribution in [0.15, 0.2) is 118 Å². The van der Waals surface area contributed by atoms with Gasteiger partial charge in [-0.25, -0.2) is 0 Å². The van der Waals surface area contributed by atoms with Crippen LogP contribution in [0.1, 0.15) is 32.2 Å². The summed E-state index contributed by atoms with van der Waals surface area (Å²) < 4.78 is 10.5. The molecule has 0 aliphatic rings. The number of carbonyl (C=O) groups is 4. The van der Waals surface area contributed by atoms with Crippen LogP contribution in [0.2, 0.25) is 0 Å². The van der Waals surface area contributed by atoms with Gasteiger partial charge in [0.15, 0.2) is 0 Å². The maximum atomic E-state index is 12.9. The SMILES string of the molecule is O=C(NCC(O)CNC(=O)/C(=C/c1ccco1)NC(=O)c1ccccc1)/C(=C/c1ccco1)NC(=O)c1ccccc1. The van der Waals surface area contributed by atoms with Crippen LogP contribution >= 0.6 is 0 Å². The van der Waals surface area contributed by atoms with Crippen LogP contribution in [0.25, 0.3) is 12.2 Å². The second-order valence-electron chi connectivity index (χ2n) is 8.86. The summed E-state index contributed by atoms with van der Waals surface area (Å²) in [6, 6.07) is 23.2. The van der Waals surface area contributed by atoms with Gasteiger partial charge in [0.2, 0.25) is 0 Å². The lowest BCUT2D eigenvalue weighted by Gasteiger charge is -2.16. The van der Waals surface area contributed by atoms with Crippen molar-refractivity contribution in [3.05, 3.63) is 131 Å². The molecule has 0 aliphatic heterocycles. The van der Waals surface area contributed by atoms with E-state index in [0.717, 1.165) is 0 Å². The summed E-state index contributed by atoms with van der Waals surface area (Å²) in [5.41, 5.74) is 0.469. The fraction of sp³-hybridized carbons (Fsp3) is 0.0968. The van der Waals surface area contributed by atoms with Crippen LogP contribution in [0.3, 0.4) is 0 Å². The average Bonchev–Trinajstić information content (AvgIpc) is 3.73. The van der Waals surface area contributed by atoms with Crippen LogP contribution in [0.4, 0.5) is 0 Å². The zero-order valence-corrected chi connectivity index (χ0v) is 22.3. The lowest BCUT2D eigenvalue weighted by atomic mass is 10.2. The zero-order valence-electron chi connectivity index (χ0n) is 22.3. The number of hydrogen-bond donors (Lipinski definition) is 5. The minimum Gasteiger partial charge on any atom is -0.465 e. The standard InChI is InChI=1S/C31H28N4O7/c36-23(19-32-30(39)26(17-24-13-7-15-41-24)34-28(37)21-9-3-1-4-10-21)20-33-31(40)27(18-25-14-8-16-42-25)35-29(38)22-11-5-2-6-12-22/h1-18,23,36H,19-20H2,(H,32,39)(H,33,40)(H,34,37)(H,35,38)/b26-17-,27-18-. The zero-order chi connectivity index (χ0) is 29.7. The van der Waals surface area contributed by atoms with Gasteiger partial charge in [-0.15, -0.1) is 0 Å². The molecule has 5 N–H and O–H groups in total. The van der Waals surface area contributed by atoms with Crippen molar-refractivity contribution in [3.8, 4) is 0 Å². The highest BCUT2D eigenvalue weighted by Crippen LogP contribution is 2.09. The molecule has 0 spiro atoms. The summed E-state index contributed by atoms with van der Waals surface area (Å²) in [6.45, 7) is -0.521. The number of amides is 4. The van der Waals surface area contributed by atoms with E-state index in [1.165, 1.54) is 24.7 Å². The molecule has 2 aromatic heterocycles. The first-order valence-electron chi connectivity index (χ1n) is 12.9. The Kier molecular flexibility index (Phi) is 10.2. The van der Waals surface area contributed by atoms with Crippen molar-refractivity contribution < 1.29 is 33.1 Å². The lowest BCUT2D eigenvalue weighted by molar-refractivity contribution is -0.118. The molecule has 0 saturated carbocycles. The summed E-state index contributed by atoms with van der Waals surface area (Å²) in [6.07, 6.45) is 4.34. The van der Waals surface area contributed by atoms with Gasteiger partial charge in [0, 0.05) is 36.4 Å². The van der Waals surface area contributed by atoms with Gasteiger partial charge in [0.25, 0.3) is 23.6 Å². The van der Waals surface area contributed by atoms with Crippen LogP contribution in [0, 0.1) is 0 Å². The maximum absolute atomic E-state index is 12.9. The highest BCUT2D eigenvalue weighted by molar-refractivity contribution is 6.06. The van der Waals surface area contributed by atoms with Crippen molar-refractivity contribution in [1.82, 2.24) is 21.3 Å². The third-order valence-electron chi connectivity index (χ3n) is 5.71. The summed E-state index contributed by atoms with van der Waals surface area (Å²) in [4.78, 5) is 51.1. The average molecular weight is 569 g/mol. The van der Waals surface area contributed by atoms with Gasteiger partial charge >= 0.3 is 0 Å². The highest BCUT2D eigenvalue weighted by Gasteiger charge is 2.19. The van der Waals surface area contributed by atoms with Crippen molar-refractivity contribution in [2.75, 3.05) is 13.1 Å². The van der Waals surface area contributed by atoms with E-state index in [-0.39, 0.29) is 24.5 Å². The smallest absolute Gasteiger partial charge is 0.268 e. The Morgan fingerprint density at radius 1 is 0.619 bits per heavy atom. The van der Waals surface area contributed by atoms with Gasteiger partial charge in [0.1, 0.15) is 22.9 Å². The summed E-state index contributed by atoms with van der Waals surface area (Å²) in [5, 5.41) is 20.6. The van der Waals surface area contributed by atoms with Crippen LogP contribution in [-0.2, 0) is 9.59 Å². The summed E-state index contributed by atoms with van der Waals surface area (Å²) in [5.74, 6) is -1.73. The van der Waals surface area contributed by atoms with Crippen LogP contribution in [0.5, 0.6) is 0 Å². The minimum atomic E-state index is -1.21. The Hall–Kier alpha value is -5.68. The highest BCUT2D eigenvalue weighted by atomic mass is 16.3. The number of rotatable bonds is 12. The van der Waals surface area contributed by atoms with E-state index in [9.17, 15) is 24.3 Å². The number of hydrogen-bond acceptors (Lipinski definition) is 7. The third kappa shape index (κ3) is 8.66.